The first-order valence-corrected chi connectivity index (χ1v) is 7.41. The fourth-order valence-electron chi connectivity index (χ4n) is 2.07. The van der Waals surface area contributed by atoms with Crippen molar-refractivity contribution < 1.29 is 0 Å². The van der Waals surface area contributed by atoms with Crippen LogP contribution in [-0.2, 0) is 13.6 Å². The molecule has 0 aliphatic rings. The van der Waals surface area contributed by atoms with Crippen LogP contribution in [0, 0.1) is 0 Å². The molecule has 0 atom stereocenters. The summed E-state index contributed by atoms with van der Waals surface area (Å²) >= 11 is 7.65. The maximum atomic E-state index is 6.02. The summed E-state index contributed by atoms with van der Waals surface area (Å²) in [4.78, 5) is 5.73. The highest BCUT2D eigenvalue weighted by Crippen LogP contribution is 2.34. The van der Waals surface area contributed by atoms with E-state index in [9.17, 15) is 0 Å². The molecule has 2 N–H and O–H groups in total. The van der Waals surface area contributed by atoms with Gasteiger partial charge in [-0.2, -0.15) is 0 Å². The summed E-state index contributed by atoms with van der Waals surface area (Å²) in [6, 6.07) is 7.82. The number of aromatic nitrogens is 2. The van der Waals surface area contributed by atoms with Gasteiger partial charge in [0, 0.05) is 17.0 Å². The van der Waals surface area contributed by atoms with E-state index in [1.807, 2.05) is 31.3 Å². The first kappa shape index (κ1) is 14.4. The molecule has 0 fully saturated rings. The Morgan fingerprint density at radius 3 is 2.74 bits per heavy atom. The van der Waals surface area contributed by atoms with E-state index in [4.69, 9.17) is 17.3 Å². The van der Waals surface area contributed by atoms with Crippen LogP contribution in [0.25, 0.3) is 0 Å². The van der Waals surface area contributed by atoms with Gasteiger partial charge in [0.15, 0.2) is 0 Å². The number of hydrogen-bond donors (Lipinski definition) is 1. The normalized spacial score (nSPS) is 11.3. The maximum Gasteiger partial charge on any atom is 0.123 e. The van der Waals surface area contributed by atoms with Gasteiger partial charge < -0.3 is 10.3 Å². The molecule has 0 bridgehead atoms. The molecule has 0 aliphatic carbocycles. The van der Waals surface area contributed by atoms with Gasteiger partial charge in [-0.25, -0.2) is 4.98 Å². The summed E-state index contributed by atoms with van der Waals surface area (Å²) in [6.45, 7) is 4.78. The first-order valence-electron chi connectivity index (χ1n) is 6.22. The third-order valence-corrected chi connectivity index (χ3v) is 4.16. The van der Waals surface area contributed by atoms with Crippen LogP contribution in [0.4, 0.5) is 0 Å². The van der Waals surface area contributed by atoms with Crippen LogP contribution in [-0.4, -0.2) is 9.55 Å². The van der Waals surface area contributed by atoms with Crippen molar-refractivity contribution in [3.8, 4) is 0 Å². The van der Waals surface area contributed by atoms with Gasteiger partial charge in [-0.05, 0) is 24.1 Å². The summed E-state index contributed by atoms with van der Waals surface area (Å²) in [5.74, 6) is 1.31. The highest BCUT2D eigenvalue weighted by Gasteiger charge is 2.17. The zero-order valence-corrected chi connectivity index (χ0v) is 12.9. The zero-order chi connectivity index (χ0) is 14.0. The minimum Gasteiger partial charge on any atom is -0.333 e. The Labute approximate surface area is 123 Å². The van der Waals surface area contributed by atoms with Crippen molar-refractivity contribution in [1.82, 2.24) is 9.55 Å². The lowest BCUT2D eigenvalue weighted by Crippen LogP contribution is -2.07. The Balaban J connectivity index is 2.39. The zero-order valence-electron chi connectivity index (χ0n) is 11.4. The van der Waals surface area contributed by atoms with Gasteiger partial charge in [0.05, 0.1) is 12.2 Å². The summed E-state index contributed by atoms with van der Waals surface area (Å²) in [6.07, 6.45) is 0. The van der Waals surface area contributed by atoms with Crippen LogP contribution >= 0.6 is 23.4 Å². The quantitative estimate of drug-likeness (QED) is 0.933. The summed E-state index contributed by atoms with van der Waals surface area (Å²) in [5, 5.41) is 1.76. The third kappa shape index (κ3) is 3.14. The van der Waals surface area contributed by atoms with Crippen LogP contribution in [0.15, 0.2) is 34.2 Å². The van der Waals surface area contributed by atoms with E-state index >= 15 is 0 Å². The van der Waals surface area contributed by atoms with E-state index in [0.717, 1.165) is 20.8 Å². The predicted octanol–water partition coefficient (Wildman–Crippen LogP) is 3.81. The number of benzene rings is 1. The molecule has 0 spiro atoms. The highest BCUT2D eigenvalue weighted by atomic mass is 35.5. The van der Waals surface area contributed by atoms with E-state index in [1.165, 1.54) is 5.69 Å². The van der Waals surface area contributed by atoms with Crippen molar-refractivity contribution >= 4 is 23.4 Å². The van der Waals surface area contributed by atoms with Crippen LogP contribution in [0.2, 0.25) is 5.02 Å². The highest BCUT2D eigenvalue weighted by molar-refractivity contribution is 7.99. The molecule has 0 amide bonds. The van der Waals surface area contributed by atoms with Gasteiger partial charge in [0.1, 0.15) is 10.9 Å². The number of imidazole rings is 1. The summed E-state index contributed by atoms with van der Waals surface area (Å²) in [7, 11) is 2.02. The lowest BCUT2D eigenvalue weighted by atomic mass is 10.1. The molecule has 0 aliphatic heterocycles. The van der Waals surface area contributed by atoms with Crippen LogP contribution in [0.5, 0.6) is 0 Å². The summed E-state index contributed by atoms with van der Waals surface area (Å²) < 4.78 is 2.09. The monoisotopic (exact) mass is 295 g/mol. The van der Waals surface area contributed by atoms with E-state index < -0.39 is 0 Å². The van der Waals surface area contributed by atoms with Crippen LogP contribution in [0.1, 0.15) is 31.3 Å². The van der Waals surface area contributed by atoms with E-state index in [1.54, 1.807) is 11.8 Å². The molecular formula is C14H18ClN3S. The molecule has 1 aromatic carbocycles. The Bertz CT molecular complexity index is 578. The average molecular weight is 296 g/mol. The molecule has 19 heavy (non-hydrogen) atoms. The second kappa shape index (κ2) is 5.99. The molecule has 3 nitrogen and oxygen atoms in total. The van der Waals surface area contributed by atoms with Gasteiger partial charge in [0.2, 0.25) is 0 Å². The molecule has 1 aromatic heterocycles. The maximum absolute atomic E-state index is 6.02. The van der Waals surface area contributed by atoms with Crippen LogP contribution in [0.3, 0.4) is 0 Å². The second-order valence-electron chi connectivity index (χ2n) is 4.70. The molecule has 102 valence electrons. The Morgan fingerprint density at radius 1 is 1.42 bits per heavy atom. The Hall–Kier alpha value is -0.970. The van der Waals surface area contributed by atoms with Crippen molar-refractivity contribution in [1.29, 1.82) is 0 Å². The fraction of sp³-hybridized carbons (Fsp3) is 0.357. The SMILES string of the molecule is CC(C)c1c(Sc2cccc(Cl)c2)nc(CN)n1C. The van der Waals surface area contributed by atoms with Gasteiger partial charge in [-0.1, -0.05) is 43.3 Å². The number of halogens is 1. The minimum atomic E-state index is 0.402. The Morgan fingerprint density at radius 2 is 2.16 bits per heavy atom. The van der Waals surface area contributed by atoms with Crippen LogP contribution < -0.4 is 5.73 Å². The standard InChI is InChI=1S/C14H18ClN3S/c1-9(2)13-14(17-12(8-16)18(13)3)19-11-6-4-5-10(15)7-11/h4-7,9H,8,16H2,1-3H3. The molecule has 0 unspecified atom stereocenters. The average Bonchev–Trinajstić information content (AvgIpc) is 2.65. The number of nitrogens with two attached hydrogens (primary N) is 1. The number of nitrogens with zero attached hydrogens (tertiary/aromatic N) is 2. The number of hydrogen-bond acceptors (Lipinski definition) is 3. The largest absolute Gasteiger partial charge is 0.333 e. The van der Waals surface area contributed by atoms with Crippen molar-refractivity contribution in [2.24, 2.45) is 12.8 Å². The molecule has 0 saturated carbocycles. The van der Waals surface area contributed by atoms with Crippen molar-refractivity contribution in [3.05, 3.63) is 40.8 Å². The van der Waals surface area contributed by atoms with Gasteiger partial charge in [-0.15, -0.1) is 0 Å². The topological polar surface area (TPSA) is 43.8 Å². The summed E-state index contributed by atoms with van der Waals surface area (Å²) in [5.41, 5.74) is 6.95. The van der Waals surface area contributed by atoms with E-state index in [0.29, 0.717) is 12.5 Å². The first-order chi connectivity index (χ1) is 9.02. The fourth-order valence-corrected chi connectivity index (χ4v) is 3.51. The van der Waals surface area contributed by atoms with Crippen molar-refractivity contribution in [2.75, 3.05) is 0 Å². The van der Waals surface area contributed by atoms with E-state index in [2.05, 4.69) is 23.4 Å². The van der Waals surface area contributed by atoms with Gasteiger partial charge in [-0.3, -0.25) is 0 Å². The lowest BCUT2D eigenvalue weighted by molar-refractivity contribution is 0.696. The van der Waals surface area contributed by atoms with Gasteiger partial charge >= 0.3 is 0 Å². The molecule has 2 aromatic rings. The molecule has 5 heteroatoms. The third-order valence-electron chi connectivity index (χ3n) is 2.94. The minimum absolute atomic E-state index is 0.402. The van der Waals surface area contributed by atoms with Crippen molar-refractivity contribution in [2.45, 2.75) is 36.2 Å². The van der Waals surface area contributed by atoms with Gasteiger partial charge in [0.25, 0.3) is 0 Å². The second-order valence-corrected chi connectivity index (χ2v) is 6.19. The number of rotatable bonds is 4. The lowest BCUT2D eigenvalue weighted by Gasteiger charge is -2.10. The van der Waals surface area contributed by atoms with Crippen molar-refractivity contribution in [3.63, 3.8) is 0 Å². The molecule has 2 rings (SSSR count). The predicted molar refractivity (Wildman–Crippen MR) is 80.8 cm³/mol. The molecule has 0 saturated heterocycles. The molecule has 0 radical (unpaired) electrons. The van der Waals surface area contributed by atoms with E-state index in [-0.39, 0.29) is 0 Å². The molecular weight excluding hydrogens is 278 g/mol. The molecule has 1 heterocycles. The Kier molecular flexibility index (Phi) is 4.55. The smallest absolute Gasteiger partial charge is 0.123 e.